The highest BCUT2D eigenvalue weighted by Gasteiger charge is 2.26. The average Bonchev–Trinajstić information content (AvgIpc) is 3.16. The molecule has 164 valence electrons. The molecular weight excluding hydrogens is 448 g/mol. The minimum atomic E-state index is -3.89. The van der Waals surface area contributed by atoms with Crippen molar-refractivity contribution in [3.8, 4) is 0 Å². The van der Waals surface area contributed by atoms with Crippen molar-refractivity contribution in [1.82, 2.24) is 9.38 Å². The molecule has 2 aromatic carbocycles. The SMILES string of the molecule is CCN(c1ccccc1)S(=O)(=O)c1ccccc1NC(=O)Cc1cn2cc(Cl)ccc2n1. The summed E-state index contributed by atoms with van der Waals surface area (Å²) >= 11 is 5.99. The molecule has 1 N–H and O–H groups in total. The second-order valence-corrected chi connectivity index (χ2v) is 9.34. The summed E-state index contributed by atoms with van der Waals surface area (Å²) < 4.78 is 29.9. The lowest BCUT2D eigenvalue weighted by atomic mass is 10.3. The van der Waals surface area contributed by atoms with Crippen LogP contribution in [0.5, 0.6) is 0 Å². The van der Waals surface area contributed by atoms with Gasteiger partial charge in [0.1, 0.15) is 10.5 Å². The van der Waals surface area contributed by atoms with Crippen molar-refractivity contribution in [2.75, 3.05) is 16.2 Å². The van der Waals surface area contributed by atoms with E-state index in [1.165, 1.54) is 10.4 Å². The lowest BCUT2D eigenvalue weighted by Gasteiger charge is -2.24. The van der Waals surface area contributed by atoms with Crippen LogP contribution in [0.2, 0.25) is 5.02 Å². The number of halogens is 1. The van der Waals surface area contributed by atoms with Gasteiger partial charge in [0, 0.05) is 18.9 Å². The number of nitrogens with one attached hydrogen (secondary N) is 1. The van der Waals surface area contributed by atoms with Crippen molar-refractivity contribution < 1.29 is 13.2 Å². The number of anilines is 2. The molecule has 4 aromatic rings. The number of benzene rings is 2. The van der Waals surface area contributed by atoms with Crippen molar-refractivity contribution >= 4 is 44.6 Å². The fourth-order valence-electron chi connectivity index (χ4n) is 3.46. The molecule has 32 heavy (non-hydrogen) atoms. The Morgan fingerprint density at radius 1 is 1.03 bits per heavy atom. The fraction of sp³-hybridized carbons (Fsp3) is 0.130. The summed E-state index contributed by atoms with van der Waals surface area (Å²) in [7, 11) is -3.89. The molecule has 0 fully saturated rings. The Kier molecular flexibility index (Phi) is 6.16. The predicted octanol–water partition coefficient (Wildman–Crippen LogP) is 4.38. The van der Waals surface area contributed by atoms with E-state index in [9.17, 15) is 13.2 Å². The lowest BCUT2D eigenvalue weighted by Crippen LogP contribution is -2.31. The maximum Gasteiger partial charge on any atom is 0.266 e. The third-order valence-corrected chi connectivity index (χ3v) is 7.05. The first-order valence-corrected chi connectivity index (χ1v) is 11.8. The summed E-state index contributed by atoms with van der Waals surface area (Å²) in [4.78, 5) is 17.2. The van der Waals surface area contributed by atoms with Crippen LogP contribution in [0.3, 0.4) is 0 Å². The number of aromatic nitrogens is 2. The summed E-state index contributed by atoms with van der Waals surface area (Å²) in [5.74, 6) is -0.370. The average molecular weight is 469 g/mol. The van der Waals surface area contributed by atoms with Crippen LogP contribution >= 0.6 is 11.6 Å². The highest BCUT2D eigenvalue weighted by molar-refractivity contribution is 7.93. The molecule has 7 nitrogen and oxygen atoms in total. The summed E-state index contributed by atoms with van der Waals surface area (Å²) in [5.41, 5.74) is 1.99. The maximum absolute atomic E-state index is 13.4. The molecule has 0 unspecified atom stereocenters. The largest absolute Gasteiger partial charge is 0.325 e. The highest BCUT2D eigenvalue weighted by Crippen LogP contribution is 2.28. The van der Waals surface area contributed by atoms with E-state index in [0.717, 1.165) is 0 Å². The number of para-hydroxylation sites is 2. The Balaban J connectivity index is 1.59. The molecule has 9 heteroatoms. The number of imidazole rings is 1. The quantitative estimate of drug-likeness (QED) is 0.436. The van der Waals surface area contributed by atoms with E-state index in [4.69, 9.17) is 11.6 Å². The number of carbonyl (C=O) groups is 1. The van der Waals surface area contributed by atoms with Gasteiger partial charge < -0.3 is 9.72 Å². The van der Waals surface area contributed by atoms with Crippen LogP contribution < -0.4 is 9.62 Å². The molecule has 0 spiro atoms. The van der Waals surface area contributed by atoms with E-state index in [-0.39, 0.29) is 29.5 Å². The van der Waals surface area contributed by atoms with E-state index in [0.29, 0.717) is 22.1 Å². The molecule has 0 atom stereocenters. The Morgan fingerprint density at radius 3 is 2.50 bits per heavy atom. The number of nitrogens with zero attached hydrogens (tertiary/aromatic N) is 3. The molecule has 0 radical (unpaired) electrons. The van der Waals surface area contributed by atoms with Crippen molar-refractivity contribution in [3.05, 3.63) is 89.8 Å². The van der Waals surface area contributed by atoms with Gasteiger partial charge in [-0.15, -0.1) is 0 Å². The van der Waals surface area contributed by atoms with Gasteiger partial charge in [-0.2, -0.15) is 0 Å². The Bertz CT molecular complexity index is 1370. The smallest absolute Gasteiger partial charge is 0.266 e. The van der Waals surface area contributed by atoms with Gasteiger partial charge in [0.25, 0.3) is 10.0 Å². The number of carbonyl (C=O) groups excluding carboxylic acids is 1. The van der Waals surface area contributed by atoms with E-state index in [1.807, 2.05) is 6.07 Å². The van der Waals surface area contributed by atoms with Crippen molar-refractivity contribution in [2.24, 2.45) is 0 Å². The van der Waals surface area contributed by atoms with E-state index >= 15 is 0 Å². The van der Waals surface area contributed by atoms with Gasteiger partial charge in [-0.3, -0.25) is 9.10 Å². The van der Waals surface area contributed by atoms with Gasteiger partial charge in [-0.25, -0.2) is 13.4 Å². The molecule has 0 aliphatic heterocycles. The van der Waals surface area contributed by atoms with Crippen LogP contribution in [0, 0.1) is 0 Å². The summed E-state index contributed by atoms with van der Waals surface area (Å²) in [6.07, 6.45) is 3.41. The number of rotatable bonds is 7. The van der Waals surface area contributed by atoms with Crippen LogP contribution in [-0.2, 0) is 21.2 Å². The number of hydrogen-bond acceptors (Lipinski definition) is 4. The molecule has 4 rings (SSSR count). The first-order valence-electron chi connectivity index (χ1n) is 9.98. The van der Waals surface area contributed by atoms with Gasteiger partial charge >= 0.3 is 0 Å². The maximum atomic E-state index is 13.4. The van der Waals surface area contributed by atoms with E-state index in [1.54, 1.807) is 78.3 Å². The molecular formula is C23H21ClN4O3S. The predicted molar refractivity (Wildman–Crippen MR) is 126 cm³/mol. The lowest BCUT2D eigenvalue weighted by molar-refractivity contribution is -0.115. The van der Waals surface area contributed by atoms with Crippen LogP contribution in [0.1, 0.15) is 12.6 Å². The molecule has 2 aromatic heterocycles. The molecule has 0 bridgehead atoms. The Labute approximate surface area is 191 Å². The molecule has 0 saturated heterocycles. The van der Waals surface area contributed by atoms with Crippen molar-refractivity contribution in [1.29, 1.82) is 0 Å². The van der Waals surface area contributed by atoms with E-state index < -0.39 is 10.0 Å². The summed E-state index contributed by atoms with van der Waals surface area (Å²) in [5, 5.41) is 3.29. The van der Waals surface area contributed by atoms with Crippen molar-refractivity contribution in [2.45, 2.75) is 18.2 Å². The zero-order valence-corrected chi connectivity index (χ0v) is 18.8. The molecule has 0 aliphatic rings. The monoisotopic (exact) mass is 468 g/mol. The minimum Gasteiger partial charge on any atom is -0.325 e. The number of pyridine rings is 1. The van der Waals surface area contributed by atoms with Gasteiger partial charge in [0.05, 0.1) is 28.5 Å². The van der Waals surface area contributed by atoms with E-state index in [2.05, 4.69) is 10.3 Å². The third kappa shape index (κ3) is 4.46. The number of sulfonamides is 1. The highest BCUT2D eigenvalue weighted by atomic mass is 35.5. The van der Waals surface area contributed by atoms with Crippen LogP contribution in [0.15, 0.2) is 84.0 Å². The summed E-state index contributed by atoms with van der Waals surface area (Å²) in [6.45, 7) is 2.01. The summed E-state index contributed by atoms with van der Waals surface area (Å²) in [6, 6.07) is 18.7. The Hall–Kier alpha value is -3.36. The number of amides is 1. The molecule has 1 amide bonds. The molecule has 0 aliphatic carbocycles. The van der Waals surface area contributed by atoms with Crippen LogP contribution in [0.25, 0.3) is 5.65 Å². The normalized spacial score (nSPS) is 11.4. The first-order chi connectivity index (χ1) is 15.4. The number of fused-ring (bicyclic) bond motifs is 1. The fourth-order valence-corrected chi connectivity index (χ4v) is 5.25. The van der Waals surface area contributed by atoms with Gasteiger partial charge in [0.2, 0.25) is 5.91 Å². The van der Waals surface area contributed by atoms with Crippen LogP contribution in [0.4, 0.5) is 11.4 Å². The Morgan fingerprint density at radius 2 is 1.75 bits per heavy atom. The van der Waals surface area contributed by atoms with Crippen molar-refractivity contribution in [3.63, 3.8) is 0 Å². The van der Waals surface area contributed by atoms with Gasteiger partial charge in [0.15, 0.2) is 0 Å². The molecule has 0 saturated carbocycles. The van der Waals surface area contributed by atoms with Gasteiger partial charge in [-0.1, -0.05) is 41.9 Å². The number of hydrogen-bond donors (Lipinski definition) is 1. The first kappa shape index (κ1) is 21.9. The zero-order chi connectivity index (χ0) is 22.7. The zero-order valence-electron chi connectivity index (χ0n) is 17.3. The molecule has 2 heterocycles. The van der Waals surface area contributed by atoms with Crippen LogP contribution in [-0.4, -0.2) is 30.3 Å². The topological polar surface area (TPSA) is 83.8 Å². The second kappa shape index (κ2) is 9.02. The minimum absolute atomic E-state index is 0.0101. The van der Waals surface area contributed by atoms with Gasteiger partial charge in [-0.05, 0) is 43.3 Å². The second-order valence-electron chi connectivity index (χ2n) is 7.07. The standard InChI is InChI=1S/C23H21ClN4O3S/c1-2-28(19-8-4-3-5-9-19)32(30,31)21-11-7-6-10-20(21)26-23(29)14-18-16-27-15-17(24)12-13-22(27)25-18/h3-13,15-16H,2,14H2,1H3,(H,26,29). The third-order valence-electron chi connectivity index (χ3n) is 4.87.